The molecule has 0 aromatic heterocycles. The first-order chi connectivity index (χ1) is 16.3. The van der Waals surface area contributed by atoms with Crippen LogP contribution < -0.4 is 9.64 Å². The van der Waals surface area contributed by atoms with Crippen molar-refractivity contribution >= 4 is 29.6 Å². The van der Waals surface area contributed by atoms with Gasteiger partial charge in [0.05, 0.1) is 7.11 Å². The fourth-order valence-electron chi connectivity index (χ4n) is 4.89. The van der Waals surface area contributed by atoms with E-state index in [2.05, 4.69) is 0 Å². The first kappa shape index (κ1) is 26.0. The van der Waals surface area contributed by atoms with Gasteiger partial charge < -0.3 is 14.9 Å². The molecule has 7 nitrogen and oxygen atoms in total. The molecule has 1 atom stereocenters. The number of methoxy groups -OCH3 is 1. The van der Waals surface area contributed by atoms with Crippen molar-refractivity contribution in [1.82, 2.24) is 0 Å². The van der Waals surface area contributed by atoms with Gasteiger partial charge in [0.2, 0.25) is 0 Å². The van der Waals surface area contributed by atoms with Gasteiger partial charge in [-0.05, 0) is 58.7 Å². The van der Waals surface area contributed by atoms with Crippen LogP contribution in [-0.2, 0) is 21.4 Å². The molecule has 0 radical (unpaired) electrons. The maximum atomic E-state index is 14.0. The second-order valence-electron chi connectivity index (χ2n) is 10.4. The number of ether oxygens (including phenoxy) is 1. The van der Waals surface area contributed by atoms with Gasteiger partial charge in [-0.2, -0.15) is 0 Å². The molecule has 1 unspecified atom stereocenters. The lowest BCUT2D eigenvalue weighted by Gasteiger charge is -2.36. The Bertz CT molecular complexity index is 1190. The summed E-state index contributed by atoms with van der Waals surface area (Å²) in [4.78, 5) is 39.3. The number of benzene rings is 2. The minimum absolute atomic E-state index is 0.00785. The molecule has 0 aliphatic carbocycles. The SMILES string of the molecule is COc1cc(C(=O)N2c3cccc(C=CC(=O)O)c3CC2(CC(C)C)C(=O)O)ccc1C(C)(C)C. The van der Waals surface area contributed by atoms with E-state index < -0.39 is 23.4 Å². The van der Waals surface area contributed by atoms with E-state index >= 15 is 0 Å². The molecule has 1 aliphatic rings. The molecule has 2 aromatic carbocycles. The lowest BCUT2D eigenvalue weighted by Crippen LogP contribution is -2.56. The van der Waals surface area contributed by atoms with Gasteiger partial charge in [0.15, 0.2) is 0 Å². The van der Waals surface area contributed by atoms with Gasteiger partial charge in [-0.1, -0.05) is 52.8 Å². The summed E-state index contributed by atoms with van der Waals surface area (Å²) in [6, 6.07) is 10.4. The van der Waals surface area contributed by atoms with Gasteiger partial charge in [-0.3, -0.25) is 9.69 Å². The van der Waals surface area contributed by atoms with Crippen LogP contribution in [0.5, 0.6) is 5.75 Å². The highest BCUT2D eigenvalue weighted by Crippen LogP contribution is 2.45. The second kappa shape index (κ2) is 9.56. The van der Waals surface area contributed by atoms with Crippen LogP contribution in [0.2, 0.25) is 0 Å². The molecule has 0 spiro atoms. The molecule has 0 bridgehead atoms. The number of rotatable bonds is 7. The first-order valence-electron chi connectivity index (χ1n) is 11.6. The molecule has 0 saturated carbocycles. The zero-order valence-electron chi connectivity index (χ0n) is 21.1. The molecule has 7 heteroatoms. The van der Waals surface area contributed by atoms with Crippen LogP contribution in [-0.4, -0.2) is 40.7 Å². The predicted molar refractivity (Wildman–Crippen MR) is 135 cm³/mol. The molecule has 186 valence electrons. The van der Waals surface area contributed by atoms with Gasteiger partial charge in [0.1, 0.15) is 11.3 Å². The van der Waals surface area contributed by atoms with E-state index in [4.69, 9.17) is 9.84 Å². The van der Waals surface area contributed by atoms with Crippen LogP contribution in [0.15, 0.2) is 42.5 Å². The molecule has 0 fully saturated rings. The van der Waals surface area contributed by atoms with E-state index in [1.165, 1.54) is 11.0 Å². The number of nitrogens with zero attached hydrogens (tertiary/aromatic N) is 1. The summed E-state index contributed by atoms with van der Waals surface area (Å²) < 4.78 is 5.58. The van der Waals surface area contributed by atoms with Gasteiger partial charge in [0, 0.05) is 23.7 Å². The number of carbonyl (C=O) groups is 3. The quantitative estimate of drug-likeness (QED) is 0.532. The largest absolute Gasteiger partial charge is 0.496 e. The van der Waals surface area contributed by atoms with Crippen molar-refractivity contribution in [1.29, 1.82) is 0 Å². The summed E-state index contributed by atoms with van der Waals surface area (Å²) in [6.45, 7) is 9.99. The fraction of sp³-hybridized carbons (Fsp3) is 0.393. The highest BCUT2D eigenvalue weighted by molar-refractivity contribution is 6.13. The minimum atomic E-state index is -1.50. The van der Waals surface area contributed by atoms with Crippen molar-refractivity contribution in [2.45, 2.75) is 58.4 Å². The highest BCUT2D eigenvalue weighted by Gasteiger charge is 2.53. The van der Waals surface area contributed by atoms with E-state index in [9.17, 15) is 19.5 Å². The van der Waals surface area contributed by atoms with Crippen LogP contribution in [0.4, 0.5) is 5.69 Å². The van der Waals surface area contributed by atoms with Crippen molar-refractivity contribution in [3.63, 3.8) is 0 Å². The number of hydrogen-bond donors (Lipinski definition) is 2. The van der Waals surface area contributed by atoms with Crippen LogP contribution in [0.3, 0.4) is 0 Å². The Labute approximate surface area is 206 Å². The Morgan fingerprint density at radius 3 is 2.37 bits per heavy atom. The molecule has 0 saturated heterocycles. The van der Waals surface area contributed by atoms with Gasteiger partial charge in [-0.15, -0.1) is 0 Å². The van der Waals surface area contributed by atoms with Gasteiger partial charge in [0.25, 0.3) is 5.91 Å². The Hall–Kier alpha value is -3.61. The number of amides is 1. The second-order valence-corrected chi connectivity index (χ2v) is 10.4. The minimum Gasteiger partial charge on any atom is -0.496 e. The Morgan fingerprint density at radius 2 is 1.83 bits per heavy atom. The van der Waals surface area contributed by atoms with Gasteiger partial charge in [-0.25, -0.2) is 9.59 Å². The van der Waals surface area contributed by atoms with E-state index in [1.54, 1.807) is 37.4 Å². The molecule has 2 aromatic rings. The highest BCUT2D eigenvalue weighted by atomic mass is 16.5. The van der Waals surface area contributed by atoms with Crippen molar-refractivity contribution in [2.24, 2.45) is 5.92 Å². The summed E-state index contributed by atoms with van der Waals surface area (Å²) in [6.07, 6.45) is 2.78. The topological polar surface area (TPSA) is 104 Å². The standard InChI is InChI=1S/C28H33NO6/c1-17(2)15-28(26(33)34)16-20-18(11-13-24(30)31)8-7-9-22(20)29(28)25(32)19-10-12-21(27(3,4)5)23(14-19)35-6/h7-14,17H,15-16H2,1-6H3,(H,30,31)(H,33,34). The van der Waals surface area contributed by atoms with E-state index in [-0.39, 0.29) is 24.2 Å². The summed E-state index contributed by atoms with van der Waals surface area (Å²) in [5, 5.41) is 19.6. The van der Waals surface area contributed by atoms with Crippen molar-refractivity contribution in [2.75, 3.05) is 12.0 Å². The number of carboxylic acid groups (broad SMARTS) is 2. The summed E-state index contributed by atoms with van der Waals surface area (Å²) in [5.41, 5.74) is 1.24. The third kappa shape index (κ3) is 4.94. The average Bonchev–Trinajstić information content (AvgIpc) is 3.10. The molecule has 1 heterocycles. The number of aliphatic carboxylic acids is 2. The third-order valence-corrected chi connectivity index (χ3v) is 6.33. The number of carbonyl (C=O) groups excluding carboxylic acids is 1. The van der Waals surface area contributed by atoms with Crippen LogP contribution in [0.25, 0.3) is 6.08 Å². The monoisotopic (exact) mass is 479 g/mol. The Balaban J connectivity index is 2.22. The summed E-state index contributed by atoms with van der Waals surface area (Å²) in [5.74, 6) is -2.09. The molecular weight excluding hydrogens is 446 g/mol. The molecule has 3 rings (SSSR count). The smallest absolute Gasteiger partial charge is 0.330 e. The van der Waals surface area contributed by atoms with E-state index in [0.29, 0.717) is 28.1 Å². The lowest BCUT2D eigenvalue weighted by atomic mass is 9.83. The Kier molecular flexibility index (Phi) is 7.11. The average molecular weight is 480 g/mol. The maximum Gasteiger partial charge on any atom is 0.330 e. The van der Waals surface area contributed by atoms with E-state index in [0.717, 1.165) is 11.6 Å². The summed E-state index contributed by atoms with van der Waals surface area (Å²) >= 11 is 0. The zero-order valence-corrected chi connectivity index (χ0v) is 21.1. The maximum absolute atomic E-state index is 14.0. The van der Waals surface area contributed by atoms with Crippen molar-refractivity contribution < 1.29 is 29.3 Å². The number of carboxylic acids is 2. The van der Waals surface area contributed by atoms with Crippen LogP contribution in [0.1, 0.15) is 68.1 Å². The van der Waals surface area contributed by atoms with Gasteiger partial charge >= 0.3 is 11.9 Å². The predicted octanol–water partition coefficient (Wildman–Crippen LogP) is 5.16. The number of anilines is 1. The molecule has 1 amide bonds. The van der Waals surface area contributed by atoms with Crippen LogP contribution >= 0.6 is 0 Å². The van der Waals surface area contributed by atoms with Crippen molar-refractivity contribution in [3.8, 4) is 5.75 Å². The Morgan fingerprint density at radius 1 is 1.14 bits per heavy atom. The zero-order chi connectivity index (χ0) is 26.1. The van der Waals surface area contributed by atoms with Crippen LogP contribution in [0, 0.1) is 5.92 Å². The molecule has 35 heavy (non-hydrogen) atoms. The normalized spacial score (nSPS) is 17.6. The molecular formula is C28H33NO6. The fourth-order valence-corrected chi connectivity index (χ4v) is 4.89. The van der Waals surface area contributed by atoms with Crippen molar-refractivity contribution in [3.05, 3.63) is 64.7 Å². The molecule has 2 N–H and O–H groups in total. The van der Waals surface area contributed by atoms with E-state index in [1.807, 2.05) is 40.7 Å². The third-order valence-electron chi connectivity index (χ3n) is 6.33. The lowest BCUT2D eigenvalue weighted by molar-refractivity contribution is -0.143. The first-order valence-corrected chi connectivity index (χ1v) is 11.6. The molecule has 1 aliphatic heterocycles. The number of hydrogen-bond acceptors (Lipinski definition) is 4. The number of fused-ring (bicyclic) bond motifs is 1. The summed E-state index contributed by atoms with van der Waals surface area (Å²) in [7, 11) is 1.55.